The molecule has 5 rings (SSSR count). The molecule has 8 nitrogen and oxygen atoms in total. The quantitative estimate of drug-likeness (QED) is 0.403. The Morgan fingerprint density at radius 3 is 2.83 bits per heavy atom. The summed E-state index contributed by atoms with van der Waals surface area (Å²) in [5, 5.41) is 26.9. The fourth-order valence-corrected chi connectivity index (χ4v) is 4.52. The van der Waals surface area contributed by atoms with Gasteiger partial charge in [-0.2, -0.15) is 11.3 Å². The number of nitrogens with zero attached hydrogens (tertiary/aromatic N) is 2. The summed E-state index contributed by atoms with van der Waals surface area (Å²) in [5.74, 6) is -0.172. The van der Waals surface area contributed by atoms with Gasteiger partial charge in [-0.25, -0.2) is 9.78 Å². The van der Waals surface area contributed by atoms with Crippen LogP contribution < -0.4 is 5.32 Å². The number of H-pyrrole nitrogens is 1. The summed E-state index contributed by atoms with van der Waals surface area (Å²) < 4.78 is 0. The molecular weight excluding hydrogens is 404 g/mol. The highest BCUT2D eigenvalue weighted by Crippen LogP contribution is 2.43. The van der Waals surface area contributed by atoms with Crippen molar-refractivity contribution in [2.45, 2.75) is 12.3 Å². The molecule has 1 aliphatic heterocycles. The number of hydrogen-bond acceptors (Lipinski definition) is 5. The number of amides is 2. The molecule has 0 bridgehead atoms. The number of aromatic nitrogens is 2. The minimum Gasteiger partial charge on any atom is -0.465 e. The zero-order chi connectivity index (χ0) is 20.9. The van der Waals surface area contributed by atoms with E-state index in [0.717, 1.165) is 5.56 Å². The lowest BCUT2D eigenvalue weighted by atomic mass is 9.93. The molecule has 4 N–H and O–H groups in total. The van der Waals surface area contributed by atoms with Crippen LogP contribution in [0.5, 0.6) is 0 Å². The molecule has 0 radical (unpaired) electrons. The number of fused-ring (bicyclic) bond motifs is 2. The number of carbonyl (C=O) groups is 2. The summed E-state index contributed by atoms with van der Waals surface area (Å²) in [7, 11) is 0. The fraction of sp³-hybridized carbons (Fsp3) is 0.0952. The largest absolute Gasteiger partial charge is 0.465 e. The predicted molar refractivity (Wildman–Crippen MR) is 111 cm³/mol. The zero-order valence-electron chi connectivity index (χ0n) is 15.5. The lowest BCUT2D eigenvalue weighted by Crippen LogP contribution is -2.44. The van der Waals surface area contributed by atoms with E-state index in [2.05, 4.69) is 15.3 Å². The highest BCUT2D eigenvalue weighted by atomic mass is 32.1. The van der Waals surface area contributed by atoms with Gasteiger partial charge < -0.3 is 15.2 Å². The van der Waals surface area contributed by atoms with Gasteiger partial charge in [0, 0.05) is 16.7 Å². The van der Waals surface area contributed by atoms with Crippen LogP contribution in [0.15, 0.2) is 59.3 Å². The smallest absolute Gasteiger partial charge is 0.411 e. The molecule has 0 saturated carbocycles. The Morgan fingerprint density at radius 1 is 1.23 bits per heavy atom. The number of imidazole rings is 1. The maximum Gasteiger partial charge on any atom is 0.411 e. The van der Waals surface area contributed by atoms with Crippen molar-refractivity contribution in [1.29, 1.82) is 0 Å². The molecule has 0 fully saturated rings. The Bertz CT molecular complexity index is 1280. The maximum absolute atomic E-state index is 13.2. The van der Waals surface area contributed by atoms with Gasteiger partial charge in [0.1, 0.15) is 0 Å². The summed E-state index contributed by atoms with van der Waals surface area (Å²) in [4.78, 5) is 32.6. The van der Waals surface area contributed by atoms with Crippen molar-refractivity contribution in [3.05, 3.63) is 81.5 Å². The van der Waals surface area contributed by atoms with Crippen LogP contribution in [0.3, 0.4) is 0 Å². The molecule has 30 heavy (non-hydrogen) atoms. The normalized spacial score (nSPS) is 18.0. The van der Waals surface area contributed by atoms with Crippen molar-refractivity contribution in [2.75, 3.05) is 5.32 Å². The van der Waals surface area contributed by atoms with Crippen LogP contribution in [0.1, 0.15) is 27.0 Å². The lowest BCUT2D eigenvalue weighted by molar-refractivity contribution is -0.0541. The van der Waals surface area contributed by atoms with Gasteiger partial charge in [0.25, 0.3) is 5.91 Å². The zero-order valence-corrected chi connectivity index (χ0v) is 16.3. The summed E-state index contributed by atoms with van der Waals surface area (Å²) >= 11 is 1.52. The van der Waals surface area contributed by atoms with E-state index in [1.807, 2.05) is 16.8 Å². The summed E-state index contributed by atoms with van der Waals surface area (Å²) in [6.45, 7) is 0.248. The topological polar surface area (TPSA) is 119 Å². The number of nitrogens with one attached hydrogen (secondary N) is 2. The van der Waals surface area contributed by atoms with E-state index in [9.17, 15) is 14.7 Å². The Labute approximate surface area is 174 Å². The third-order valence-electron chi connectivity index (χ3n) is 5.20. The maximum atomic E-state index is 13.2. The molecule has 3 heterocycles. The number of carboxylic acid groups (broad SMARTS) is 1. The van der Waals surface area contributed by atoms with E-state index >= 15 is 0 Å². The van der Waals surface area contributed by atoms with Crippen LogP contribution in [0.2, 0.25) is 0 Å². The van der Waals surface area contributed by atoms with Crippen LogP contribution in [0.4, 0.5) is 10.7 Å². The first-order valence-corrected chi connectivity index (χ1v) is 10.1. The van der Waals surface area contributed by atoms with E-state index in [-0.39, 0.29) is 18.4 Å². The predicted octanol–water partition coefficient (Wildman–Crippen LogP) is 3.56. The average molecular weight is 420 g/mol. The Hall–Kier alpha value is -3.69. The number of hydrogen-bond donors (Lipinski definition) is 4. The minimum atomic E-state index is -1.68. The first-order valence-electron chi connectivity index (χ1n) is 9.12. The van der Waals surface area contributed by atoms with Gasteiger partial charge in [-0.3, -0.25) is 15.0 Å². The van der Waals surface area contributed by atoms with Gasteiger partial charge in [-0.1, -0.05) is 24.3 Å². The highest BCUT2D eigenvalue weighted by molar-refractivity contribution is 7.07. The Morgan fingerprint density at radius 2 is 2.07 bits per heavy atom. The third-order valence-corrected chi connectivity index (χ3v) is 5.93. The van der Waals surface area contributed by atoms with Crippen molar-refractivity contribution in [3.63, 3.8) is 0 Å². The van der Waals surface area contributed by atoms with Crippen molar-refractivity contribution < 1.29 is 19.8 Å². The van der Waals surface area contributed by atoms with E-state index in [4.69, 9.17) is 5.11 Å². The van der Waals surface area contributed by atoms with E-state index in [1.165, 1.54) is 16.2 Å². The molecule has 2 aromatic carbocycles. The molecule has 0 spiro atoms. The van der Waals surface area contributed by atoms with Crippen LogP contribution in [0.25, 0.3) is 11.0 Å². The number of anilines is 1. The second-order valence-corrected chi connectivity index (χ2v) is 7.77. The monoisotopic (exact) mass is 420 g/mol. The Kier molecular flexibility index (Phi) is 4.09. The average Bonchev–Trinajstić information content (AvgIpc) is 3.42. The first kappa shape index (κ1) is 18.3. The molecule has 150 valence electrons. The van der Waals surface area contributed by atoms with Crippen molar-refractivity contribution in [2.24, 2.45) is 0 Å². The SMILES string of the molecule is O=C(O)Nc1nc2cc(C3(O)c4ccccc4C(=O)N3Cc3ccsc3)ccc2[nH]1. The number of thiophene rings is 1. The molecule has 1 aliphatic rings. The number of rotatable bonds is 4. The number of aromatic amines is 1. The second kappa shape index (κ2) is 6.68. The van der Waals surface area contributed by atoms with Gasteiger partial charge in [0.15, 0.2) is 5.72 Å². The molecule has 0 aliphatic carbocycles. The van der Waals surface area contributed by atoms with Gasteiger partial charge in [-0.15, -0.1) is 0 Å². The summed E-state index contributed by atoms with van der Waals surface area (Å²) in [6.07, 6.45) is -1.23. The molecular formula is C21H16N4O4S. The number of aliphatic hydroxyl groups is 1. The molecule has 2 amide bonds. The number of carbonyl (C=O) groups excluding carboxylic acids is 1. The molecule has 4 aromatic rings. The highest BCUT2D eigenvalue weighted by Gasteiger charge is 2.49. The third kappa shape index (κ3) is 2.75. The number of benzene rings is 2. The summed E-state index contributed by atoms with van der Waals surface area (Å²) in [6, 6.07) is 14.0. The van der Waals surface area contributed by atoms with Gasteiger partial charge in [0.05, 0.1) is 17.6 Å². The lowest BCUT2D eigenvalue weighted by Gasteiger charge is -2.34. The van der Waals surface area contributed by atoms with E-state index < -0.39 is 11.8 Å². The van der Waals surface area contributed by atoms with E-state index in [0.29, 0.717) is 27.7 Å². The van der Waals surface area contributed by atoms with Crippen LogP contribution in [-0.2, 0) is 12.3 Å². The van der Waals surface area contributed by atoms with E-state index in [1.54, 1.807) is 42.5 Å². The molecule has 1 unspecified atom stereocenters. The van der Waals surface area contributed by atoms with Crippen LogP contribution in [0, 0.1) is 0 Å². The van der Waals surface area contributed by atoms with Crippen LogP contribution in [-0.4, -0.2) is 37.1 Å². The minimum absolute atomic E-state index is 0.0830. The van der Waals surface area contributed by atoms with Gasteiger partial charge in [-0.05, 0) is 40.6 Å². The summed E-state index contributed by atoms with van der Waals surface area (Å²) in [5.41, 5.74) is 1.74. The van der Waals surface area contributed by atoms with Crippen molar-refractivity contribution >= 4 is 40.3 Å². The first-order chi connectivity index (χ1) is 14.5. The molecule has 9 heteroatoms. The fourth-order valence-electron chi connectivity index (χ4n) is 3.86. The molecule has 2 aromatic heterocycles. The molecule has 0 saturated heterocycles. The second-order valence-electron chi connectivity index (χ2n) is 6.99. The van der Waals surface area contributed by atoms with Crippen LogP contribution >= 0.6 is 11.3 Å². The van der Waals surface area contributed by atoms with Gasteiger partial charge in [0.2, 0.25) is 5.95 Å². The van der Waals surface area contributed by atoms with Crippen molar-refractivity contribution in [1.82, 2.24) is 14.9 Å². The van der Waals surface area contributed by atoms with Gasteiger partial charge >= 0.3 is 6.09 Å². The van der Waals surface area contributed by atoms with Crippen molar-refractivity contribution in [3.8, 4) is 0 Å². The molecule has 1 atom stereocenters. The Balaban J connectivity index is 1.65. The standard InChI is InChI=1S/C21H16N4O4S/c26-18-14-3-1-2-4-15(14)21(29,25(18)10-12-7-8-30-11-12)13-5-6-16-17(9-13)23-19(22-16)24-20(27)28/h1-9,11,29H,10H2,(H,27,28)(H2,22,23,24).